The summed E-state index contributed by atoms with van der Waals surface area (Å²) in [5.41, 5.74) is 5.46. The van der Waals surface area contributed by atoms with Crippen molar-refractivity contribution < 1.29 is 20.2 Å². The smallest absolute Gasteiger partial charge is 0.257 e. The Morgan fingerprint density at radius 2 is 2.11 bits per heavy atom. The maximum absolute atomic E-state index is 12.1. The highest BCUT2D eigenvalue weighted by Gasteiger charge is 2.21. The summed E-state index contributed by atoms with van der Waals surface area (Å²) in [6, 6.07) is 3.43. The number of nitrogens with zero attached hydrogens (tertiary/aromatic N) is 2. The van der Waals surface area contributed by atoms with Crippen LogP contribution in [0.1, 0.15) is 23.7 Å². The van der Waals surface area contributed by atoms with E-state index in [1.807, 2.05) is 0 Å². The van der Waals surface area contributed by atoms with Gasteiger partial charge in [0.25, 0.3) is 5.91 Å². The molecule has 0 aliphatic rings. The summed E-state index contributed by atoms with van der Waals surface area (Å²) in [5.74, 6) is -0.827. The molecule has 0 aliphatic heterocycles. The number of hydrogen-bond donors (Lipinski definition) is 4. The summed E-state index contributed by atoms with van der Waals surface area (Å²) >= 11 is 0. The standard InChI is InChI=1S/C12H17N3O4/c1-7(5-11(13)14-19)15(2)12(18)9-4-3-8(16)6-10(9)17/h3-4,6-7,16-17,19H,5H2,1-2H3,(H2,13,14). The summed E-state index contributed by atoms with van der Waals surface area (Å²) in [6.45, 7) is 1.73. The van der Waals surface area contributed by atoms with E-state index in [4.69, 9.17) is 10.9 Å². The number of hydrogen-bond acceptors (Lipinski definition) is 5. The monoisotopic (exact) mass is 267 g/mol. The zero-order valence-corrected chi connectivity index (χ0v) is 10.7. The molecule has 0 heterocycles. The molecule has 7 nitrogen and oxygen atoms in total. The van der Waals surface area contributed by atoms with Crippen LogP contribution in [0.4, 0.5) is 0 Å². The van der Waals surface area contributed by atoms with E-state index in [2.05, 4.69) is 5.16 Å². The van der Waals surface area contributed by atoms with Gasteiger partial charge in [0.15, 0.2) is 0 Å². The third-order valence-corrected chi connectivity index (χ3v) is 2.83. The van der Waals surface area contributed by atoms with Gasteiger partial charge in [-0.1, -0.05) is 5.16 Å². The Hall–Kier alpha value is -2.44. The minimum Gasteiger partial charge on any atom is -0.508 e. The zero-order valence-electron chi connectivity index (χ0n) is 10.7. The molecule has 104 valence electrons. The highest BCUT2D eigenvalue weighted by Crippen LogP contribution is 2.24. The van der Waals surface area contributed by atoms with Gasteiger partial charge in [0.05, 0.1) is 5.56 Å². The number of rotatable bonds is 4. The molecule has 0 spiro atoms. The minimum atomic E-state index is -0.421. The molecule has 0 aromatic heterocycles. The Morgan fingerprint density at radius 1 is 1.47 bits per heavy atom. The second kappa shape index (κ2) is 5.94. The maximum Gasteiger partial charge on any atom is 0.257 e. The molecular weight excluding hydrogens is 250 g/mol. The highest BCUT2D eigenvalue weighted by atomic mass is 16.4. The molecule has 0 radical (unpaired) electrons. The number of amides is 1. The molecule has 5 N–H and O–H groups in total. The van der Waals surface area contributed by atoms with Crippen molar-refractivity contribution in [2.45, 2.75) is 19.4 Å². The van der Waals surface area contributed by atoms with Crippen molar-refractivity contribution in [2.75, 3.05) is 7.05 Å². The SMILES string of the molecule is CC(C/C(N)=N/O)N(C)C(=O)c1ccc(O)cc1O. The topological polar surface area (TPSA) is 119 Å². The van der Waals surface area contributed by atoms with Crippen molar-refractivity contribution in [1.29, 1.82) is 0 Å². The first-order chi connectivity index (χ1) is 8.86. The number of nitrogens with two attached hydrogens (primary N) is 1. The van der Waals surface area contributed by atoms with Crippen molar-refractivity contribution in [1.82, 2.24) is 4.90 Å². The van der Waals surface area contributed by atoms with Crippen LogP contribution in [0, 0.1) is 0 Å². The average molecular weight is 267 g/mol. The number of aromatic hydroxyl groups is 2. The molecule has 0 saturated carbocycles. The lowest BCUT2D eigenvalue weighted by molar-refractivity contribution is 0.0744. The van der Waals surface area contributed by atoms with Gasteiger partial charge >= 0.3 is 0 Å². The predicted molar refractivity (Wildman–Crippen MR) is 69.4 cm³/mol. The molecule has 0 aliphatic carbocycles. The van der Waals surface area contributed by atoms with Gasteiger partial charge < -0.3 is 26.1 Å². The van der Waals surface area contributed by atoms with Crippen LogP contribution in [0.2, 0.25) is 0 Å². The van der Waals surface area contributed by atoms with Gasteiger partial charge in [-0.15, -0.1) is 0 Å². The normalized spacial score (nSPS) is 13.1. The summed E-state index contributed by atoms with van der Waals surface area (Å²) in [5, 5.41) is 30.1. The number of phenolic OH excluding ortho intramolecular Hbond substituents is 2. The molecular formula is C12H17N3O4. The molecule has 0 bridgehead atoms. The summed E-state index contributed by atoms with van der Waals surface area (Å²) in [6.07, 6.45) is 0.206. The third kappa shape index (κ3) is 3.51. The Bertz CT molecular complexity index is 502. The number of carbonyl (C=O) groups excluding carboxylic acids is 1. The van der Waals surface area contributed by atoms with Gasteiger partial charge in [0, 0.05) is 25.6 Å². The molecule has 7 heteroatoms. The van der Waals surface area contributed by atoms with Crippen molar-refractivity contribution >= 4 is 11.7 Å². The van der Waals surface area contributed by atoms with Crippen LogP contribution in [0.15, 0.2) is 23.4 Å². The van der Waals surface area contributed by atoms with Gasteiger partial charge in [0.1, 0.15) is 17.3 Å². The molecule has 1 aromatic rings. The first-order valence-electron chi connectivity index (χ1n) is 5.62. The number of carbonyl (C=O) groups is 1. The van der Waals surface area contributed by atoms with Gasteiger partial charge in [-0.05, 0) is 19.1 Å². The van der Waals surface area contributed by atoms with Gasteiger partial charge in [-0.3, -0.25) is 4.79 Å². The molecule has 1 atom stereocenters. The fourth-order valence-electron chi connectivity index (χ4n) is 1.57. The highest BCUT2D eigenvalue weighted by molar-refractivity contribution is 5.97. The summed E-state index contributed by atoms with van der Waals surface area (Å²) in [7, 11) is 1.55. The Morgan fingerprint density at radius 3 is 2.63 bits per heavy atom. The van der Waals surface area contributed by atoms with Crippen LogP contribution in [-0.2, 0) is 0 Å². The van der Waals surface area contributed by atoms with Crippen LogP contribution in [0.25, 0.3) is 0 Å². The fraction of sp³-hybridized carbons (Fsp3) is 0.333. The molecule has 19 heavy (non-hydrogen) atoms. The van der Waals surface area contributed by atoms with Gasteiger partial charge in [0.2, 0.25) is 0 Å². The van der Waals surface area contributed by atoms with E-state index in [1.165, 1.54) is 17.0 Å². The van der Waals surface area contributed by atoms with Crippen LogP contribution < -0.4 is 5.73 Å². The fourth-order valence-corrected chi connectivity index (χ4v) is 1.57. The molecule has 1 rings (SSSR count). The lowest BCUT2D eigenvalue weighted by atomic mass is 10.1. The minimum absolute atomic E-state index is 0.0158. The summed E-state index contributed by atoms with van der Waals surface area (Å²) in [4.78, 5) is 13.5. The lowest BCUT2D eigenvalue weighted by Gasteiger charge is -2.24. The predicted octanol–water partition coefficient (Wildman–Crippen LogP) is 0.695. The molecule has 1 aromatic carbocycles. The molecule has 0 fully saturated rings. The van der Waals surface area contributed by atoms with Crippen LogP contribution in [0.3, 0.4) is 0 Å². The zero-order chi connectivity index (χ0) is 14.6. The van der Waals surface area contributed by atoms with Crippen LogP contribution >= 0.6 is 0 Å². The molecule has 1 unspecified atom stereocenters. The Labute approximate surface area is 110 Å². The maximum atomic E-state index is 12.1. The van der Waals surface area contributed by atoms with E-state index >= 15 is 0 Å². The van der Waals surface area contributed by atoms with Crippen molar-refractivity contribution in [3.63, 3.8) is 0 Å². The van der Waals surface area contributed by atoms with E-state index in [1.54, 1.807) is 14.0 Å². The number of phenols is 2. The third-order valence-electron chi connectivity index (χ3n) is 2.83. The van der Waals surface area contributed by atoms with Crippen molar-refractivity contribution in [3.8, 4) is 11.5 Å². The Kier molecular flexibility index (Phi) is 4.57. The van der Waals surface area contributed by atoms with E-state index in [-0.39, 0.29) is 35.4 Å². The van der Waals surface area contributed by atoms with E-state index in [0.717, 1.165) is 6.07 Å². The van der Waals surface area contributed by atoms with Gasteiger partial charge in [-0.25, -0.2) is 0 Å². The first-order valence-corrected chi connectivity index (χ1v) is 5.62. The molecule has 0 saturated heterocycles. The van der Waals surface area contributed by atoms with Gasteiger partial charge in [-0.2, -0.15) is 0 Å². The van der Waals surface area contributed by atoms with Crippen LogP contribution in [0.5, 0.6) is 11.5 Å². The quantitative estimate of drug-likeness (QED) is 0.277. The second-order valence-corrected chi connectivity index (χ2v) is 4.26. The average Bonchev–Trinajstić information content (AvgIpc) is 2.36. The number of amidine groups is 1. The second-order valence-electron chi connectivity index (χ2n) is 4.26. The van der Waals surface area contributed by atoms with Crippen molar-refractivity contribution in [2.24, 2.45) is 10.9 Å². The first kappa shape index (κ1) is 14.6. The summed E-state index contributed by atoms with van der Waals surface area (Å²) < 4.78 is 0. The Balaban J connectivity index is 2.87. The van der Waals surface area contributed by atoms with E-state index in [9.17, 15) is 15.0 Å². The van der Waals surface area contributed by atoms with E-state index < -0.39 is 5.91 Å². The van der Waals surface area contributed by atoms with Crippen molar-refractivity contribution in [3.05, 3.63) is 23.8 Å². The van der Waals surface area contributed by atoms with E-state index in [0.29, 0.717) is 0 Å². The largest absolute Gasteiger partial charge is 0.508 e. The number of oxime groups is 1. The van der Waals surface area contributed by atoms with Crippen LogP contribution in [-0.4, -0.2) is 45.2 Å². The number of benzene rings is 1. The lowest BCUT2D eigenvalue weighted by Crippen LogP contribution is -2.37. The molecule has 1 amide bonds.